The number of carbonyl (C=O) groups is 1. The molecule has 0 unspecified atom stereocenters. The normalized spacial score (nSPS) is 11.1. The van der Waals surface area contributed by atoms with Crippen LogP contribution in [0.15, 0.2) is 84.9 Å². The fraction of sp³-hybridized carbons (Fsp3) is 0.115. The van der Waals surface area contributed by atoms with E-state index in [9.17, 15) is 4.79 Å². The fourth-order valence-corrected chi connectivity index (χ4v) is 3.07. The van der Waals surface area contributed by atoms with Gasteiger partial charge in [-0.05, 0) is 35.3 Å². The van der Waals surface area contributed by atoms with Crippen LogP contribution in [0.1, 0.15) is 22.3 Å². The average molecular weight is 400 g/mol. The summed E-state index contributed by atoms with van der Waals surface area (Å²) in [6.07, 6.45) is 7.47. The number of carboxylic acids is 1. The van der Waals surface area contributed by atoms with E-state index in [0.29, 0.717) is 24.5 Å². The van der Waals surface area contributed by atoms with Crippen LogP contribution in [0, 0.1) is 0 Å². The summed E-state index contributed by atoms with van der Waals surface area (Å²) >= 11 is 0. The first-order valence-electron chi connectivity index (χ1n) is 9.66. The Morgan fingerprint density at radius 2 is 1.63 bits per heavy atom. The molecule has 3 aromatic rings. The van der Waals surface area contributed by atoms with E-state index < -0.39 is 5.97 Å². The molecule has 0 bridgehead atoms. The number of hydrogen-bond donors (Lipinski definition) is 1. The van der Waals surface area contributed by atoms with Gasteiger partial charge in [0.25, 0.3) is 0 Å². The van der Waals surface area contributed by atoms with Crippen LogP contribution in [0.2, 0.25) is 0 Å². The van der Waals surface area contributed by atoms with Crippen molar-refractivity contribution in [2.75, 3.05) is 7.11 Å². The summed E-state index contributed by atoms with van der Waals surface area (Å²) in [7, 11) is 1.63. The molecule has 152 valence electrons. The standard InChI is InChI=1S/C26H24O4/c1-29-24-16-8-15-23(26(24)30-19-20-9-3-2-4-10-20)14-7-13-21-11-5-6-12-22(21)17-18-25(27)28/h2-12,14-18H,13,19H2,1H3,(H,27,28)/b14-7+,18-17+. The number of hydrogen-bond acceptors (Lipinski definition) is 3. The van der Waals surface area contributed by atoms with Gasteiger partial charge in [0, 0.05) is 11.6 Å². The number of allylic oxidation sites excluding steroid dienone is 1. The highest BCUT2D eigenvalue weighted by atomic mass is 16.5. The smallest absolute Gasteiger partial charge is 0.328 e. The molecule has 0 atom stereocenters. The first-order chi connectivity index (χ1) is 14.7. The second-order valence-corrected chi connectivity index (χ2v) is 6.63. The quantitative estimate of drug-likeness (QED) is 0.473. The predicted octanol–water partition coefficient (Wildman–Crippen LogP) is 5.63. The van der Waals surface area contributed by atoms with E-state index in [4.69, 9.17) is 14.6 Å². The Balaban J connectivity index is 1.78. The number of para-hydroxylation sites is 1. The summed E-state index contributed by atoms with van der Waals surface area (Å²) in [5.74, 6) is 0.411. The van der Waals surface area contributed by atoms with Gasteiger partial charge in [-0.25, -0.2) is 4.79 Å². The van der Waals surface area contributed by atoms with E-state index in [1.807, 2.05) is 84.9 Å². The van der Waals surface area contributed by atoms with Crippen molar-refractivity contribution in [1.29, 1.82) is 0 Å². The lowest BCUT2D eigenvalue weighted by molar-refractivity contribution is -0.131. The molecule has 0 saturated heterocycles. The number of methoxy groups -OCH3 is 1. The molecule has 0 saturated carbocycles. The predicted molar refractivity (Wildman–Crippen MR) is 120 cm³/mol. The topological polar surface area (TPSA) is 55.8 Å². The zero-order valence-electron chi connectivity index (χ0n) is 16.8. The third-order valence-corrected chi connectivity index (χ3v) is 4.55. The Bertz CT molecular complexity index is 1040. The third kappa shape index (κ3) is 5.85. The van der Waals surface area contributed by atoms with Crippen LogP contribution in [0.3, 0.4) is 0 Å². The minimum absolute atomic E-state index is 0.449. The van der Waals surface area contributed by atoms with Crippen molar-refractivity contribution in [3.63, 3.8) is 0 Å². The molecule has 0 aliphatic carbocycles. The highest BCUT2D eigenvalue weighted by molar-refractivity contribution is 5.85. The molecule has 30 heavy (non-hydrogen) atoms. The van der Waals surface area contributed by atoms with Gasteiger partial charge in [0.15, 0.2) is 11.5 Å². The second-order valence-electron chi connectivity index (χ2n) is 6.63. The van der Waals surface area contributed by atoms with Crippen molar-refractivity contribution < 1.29 is 19.4 Å². The lowest BCUT2D eigenvalue weighted by atomic mass is 10.0. The molecule has 0 aromatic heterocycles. The molecule has 0 heterocycles. The van der Waals surface area contributed by atoms with Gasteiger partial charge in [-0.1, -0.05) is 78.9 Å². The molecule has 4 heteroatoms. The van der Waals surface area contributed by atoms with Gasteiger partial charge in [-0.15, -0.1) is 0 Å². The Labute approximate surface area is 176 Å². The van der Waals surface area contributed by atoms with Gasteiger partial charge in [-0.3, -0.25) is 0 Å². The SMILES string of the molecule is COc1cccc(/C=C/Cc2ccccc2/C=C/C(=O)O)c1OCc1ccccc1. The lowest BCUT2D eigenvalue weighted by Gasteiger charge is -2.13. The van der Waals surface area contributed by atoms with Crippen molar-refractivity contribution in [2.45, 2.75) is 13.0 Å². The maximum absolute atomic E-state index is 10.8. The molecule has 0 spiro atoms. The number of ether oxygens (including phenoxy) is 2. The molecule has 3 rings (SSSR count). The minimum atomic E-state index is -0.961. The lowest BCUT2D eigenvalue weighted by Crippen LogP contribution is -1.99. The van der Waals surface area contributed by atoms with E-state index in [1.165, 1.54) is 0 Å². The van der Waals surface area contributed by atoms with E-state index in [2.05, 4.69) is 0 Å². The highest BCUT2D eigenvalue weighted by Crippen LogP contribution is 2.33. The van der Waals surface area contributed by atoms with Crippen molar-refractivity contribution in [2.24, 2.45) is 0 Å². The molecule has 0 amide bonds. The van der Waals surface area contributed by atoms with Crippen molar-refractivity contribution >= 4 is 18.1 Å². The highest BCUT2D eigenvalue weighted by Gasteiger charge is 2.09. The largest absolute Gasteiger partial charge is 0.493 e. The van der Waals surface area contributed by atoms with Gasteiger partial charge in [0.2, 0.25) is 0 Å². The molecule has 3 aromatic carbocycles. The summed E-state index contributed by atoms with van der Waals surface area (Å²) in [5, 5.41) is 8.88. The first kappa shape index (κ1) is 20.9. The van der Waals surface area contributed by atoms with Crippen molar-refractivity contribution in [3.05, 3.63) is 107 Å². The van der Waals surface area contributed by atoms with Gasteiger partial charge in [0.1, 0.15) is 6.61 Å². The average Bonchev–Trinajstić information content (AvgIpc) is 2.78. The Morgan fingerprint density at radius 1 is 0.900 bits per heavy atom. The summed E-state index contributed by atoms with van der Waals surface area (Å²) in [5.41, 5.74) is 3.93. The van der Waals surface area contributed by atoms with E-state index in [-0.39, 0.29) is 0 Å². The third-order valence-electron chi connectivity index (χ3n) is 4.55. The Kier molecular flexibility index (Phi) is 7.45. The number of aliphatic carboxylic acids is 1. The number of rotatable bonds is 9. The number of benzene rings is 3. The summed E-state index contributed by atoms with van der Waals surface area (Å²) in [6, 6.07) is 23.5. The molecule has 0 aliphatic heterocycles. The molecular formula is C26H24O4. The molecule has 0 radical (unpaired) electrons. The van der Waals surface area contributed by atoms with Crippen LogP contribution >= 0.6 is 0 Å². The van der Waals surface area contributed by atoms with Crippen LogP contribution < -0.4 is 9.47 Å². The minimum Gasteiger partial charge on any atom is -0.493 e. The van der Waals surface area contributed by atoms with Crippen LogP contribution in [0.25, 0.3) is 12.2 Å². The molecular weight excluding hydrogens is 376 g/mol. The van der Waals surface area contributed by atoms with Gasteiger partial charge in [-0.2, -0.15) is 0 Å². The zero-order chi connectivity index (χ0) is 21.2. The monoisotopic (exact) mass is 400 g/mol. The van der Waals surface area contributed by atoms with Crippen LogP contribution in [-0.4, -0.2) is 18.2 Å². The van der Waals surface area contributed by atoms with Crippen LogP contribution in [-0.2, 0) is 17.8 Å². The van der Waals surface area contributed by atoms with Crippen LogP contribution in [0.5, 0.6) is 11.5 Å². The summed E-state index contributed by atoms with van der Waals surface area (Å²) in [6.45, 7) is 0.449. The van der Waals surface area contributed by atoms with E-state index in [0.717, 1.165) is 28.3 Å². The molecule has 0 fully saturated rings. The van der Waals surface area contributed by atoms with Crippen molar-refractivity contribution in [1.82, 2.24) is 0 Å². The van der Waals surface area contributed by atoms with Gasteiger partial charge in [0.05, 0.1) is 7.11 Å². The van der Waals surface area contributed by atoms with Crippen molar-refractivity contribution in [3.8, 4) is 11.5 Å². The Morgan fingerprint density at radius 3 is 2.40 bits per heavy atom. The molecule has 0 aliphatic rings. The summed E-state index contributed by atoms with van der Waals surface area (Å²) in [4.78, 5) is 10.8. The summed E-state index contributed by atoms with van der Waals surface area (Å²) < 4.78 is 11.6. The van der Waals surface area contributed by atoms with E-state index >= 15 is 0 Å². The first-order valence-corrected chi connectivity index (χ1v) is 9.66. The fourth-order valence-electron chi connectivity index (χ4n) is 3.07. The maximum atomic E-state index is 10.8. The molecule has 1 N–H and O–H groups in total. The van der Waals surface area contributed by atoms with Gasteiger partial charge < -0.3 is 14.6 Å². The molecule has 4 nitrogen and oxygen atoms in total. The zero-order valence-corrected chi connectivity index (χ0v) is 16.8. The Hall–Kier alpha value is -3.79. The second kappa shape index (κ2) is 10.7. The van der Waals surface area contributed by atoms with E-state index in [1.54, 1.807) is 13.2 Å². The maximum Gasteiger partial charge on any atom is 0.328 e. The number of carboxylic acid groups (broad SMARTS) is 1. The van der Waals surface area contributed by atoms with Gasteiger partial charge >= 0.3 is 5.97 Å². The van der Waals surface area contributed by atoms with Crippen LogP contribution in [0.4, 0.5) is 0 Å².